The van der Waals surface area contributed by atoms with Crippen molar-refractivity contribution in [2.45, 2.75) is 31.4 Å². The molecule has 2 unspecified atom stereocenters. The lowest BCUT2D eigenvalue weighted by molar-refractivity contribution is 0.0252. The smallest absolute Gasteiger partial charge is 0.214 e. The molecular formula is C12H15FN2O. The molecule has 2 aliphatic rings. The zero-order valence-corrected chi connectivity index (χ0v) is 9.10. The van der Waals surface area contributed by atoms with Crippen LogP contribution in [0.4, 0.5) is 10.2 Å². The van der Waals surface area contributed by atoms with Crippen molar-refractivity contribution in [1.29, 1.82) is 0 Å². The second kappa shape index (κ2) is 4.01. The van der Waals surface area contributed by atoms with Gasteiger partial charge in [-0.05, 0) is 31.4 Å². The van der Waals surface area contributed by atoms with Crippen LogP contribution in [0.2, 0.25) is 0 Å². The predicted octanol–water partition coefficient (Wildman–Crippen LogP) is 1.98. The van der Waals surface area contributed by atoms with Gasteiger partial charge in [-0.1, -0.05) is 6.07 Å². The largest absolute Gasteiger partial charge is 0.374 e. The molecule has 2 atom stereocenters. The van der Waals surface area contributed by atoms with Crippen LogP contribution in [0.15, 0.2) is 18.2 Å². The minimum atomic E-state index is -0.404. The van der Waals surface area contributed by atoms with Gasteiger partial charge in [0, 0.05) is 6.54 Å². The van der Waals surface area contributed by atoms with E-state index in [4.69, 9.17) is 4.74 Å². The molecule has 1 aromatic heterocycles. The Balaban J connectivity index is 1.88. The van der Waals surface area contributed by atoms with Gasteiger partial charge in [-0.15, -0.1) is 0 Å². The fourth-order valence-electron chi connectivity index (χ4n) is 2.77. The minimum absolute atomic E-state index is 0.318. The van der Waals surface area contributed by atoms with Crippen LogP contribution in [0.5, 0.6) is 0 Å². The van der Waals surface area contributed by atoms with Crippen molar-refractivity contribution in [2.75, 3.05) is 18.1 Å². The van der Waals surface area contributed by atoms with Gasteiger partial charge >= 0.3 is 0 Å². The van der Waals surface area contributed by atoms with Gasteiger partial charge in [0.05, 0.1) is 18.8 Å². The van der Waals surface area contributed by atoms with E-state index in [1.165, 1.54) is 12.5 Å². The molecule has 3 nitrogen and oxygen atoms in total. The van der Waals surface area contributed by atoms with Crippen molar-refractivity contribution < 1.29 is 9.13 Å². The number of halogens is 1. The third kappa shape index (κ3) is 1.67. The van der Waals surface area contributed by atoms with E-state index in [1.54, 1.807) is 6.07 Å². The number of pyridine rings is 1. The first-order chi connectivity index (χ1) is 7.84. The standard InChI is InChI=1S/C12H15FN2O/c13-11-5-2-6-12(14-11)15-7-8-16-10-4-1-3-9(10)15/h2,5-6,9-10H,1,3-4,7-8H2. The summed E-state index contributed by atoms with van der Waals surface area (Å²) in [6.45, 7) is 1.54. The quantitative estimate of drug-likeness (QED) is 0.679. The van der Waals surface area contributed by atoms with Gasteiger partial charge in [-0.25, -0.2) is 4.98 Å². The molecule has 1 aromatic rings. The molecular weight excluding hydrogens is 207 g/mol. The fraction of sp³-hybridized carbons (Fsp3) is 0.583. The zero-order valence-electron chi connectivity index (χ0n) is 9.10. The van der Waals surface area contributed by atoms with Crippen molar-refractivity contribution in [2.24, 2.45) is 0 Å². The molecule has 1 saturated carbocycles. The number of hydrogen-bond acceptors (Lipinski definition) is 3. The van der Waals surface area contributed by atoms with Gasteiger partial charge in [0.15, 0.2) is 0 Å². The fourth-order valence-corrected chi connectivity index (χ4v) is 2.77. The van der Waals surface area contributed by atoms with Crippen molar-refractivity contribution in [1.82, 2.24) is 4.98 Å². The molecule has 0 spiro atoms. The highest BCUT2D eigenvalue weighted by Gasteiger charge is 2.36. The summed E-state index contributed by atoms with van der Waals surface area (Å²) in [5.41, 5.74) is 0. The number of ether oxygens (including phenoxy) is 1. The summed E-state index contributed by atoms with van der Waals surface area (Å²) in [5.74, 6) is 0.346. The number of fused-ring (bicyclic) bond motifs is 1. The highest BCUT2D eigenvalue weighted by atomic mass is 19.1. The maximum absolute atomic E-state index is 13.1. The summed E-state index contributed by atoms with van der Waals surface area (Å²) in [6.07, 6.45) is 3.76. The number of nitrogens with zero attached hydrogens (tertiary/aromatic N) is 2. The van der Waals surface area contributed by atoms with Crippen molar-refractivity contribution in [3.05, 3.63) is 24.1 Å². The average Bonchev–Trinajstić information content (AvgIpc) is 2.76. The Hall–Kier alpha value is -1.16. The molecule has 3 rings (SSSR count). The first kappa shape index (κ1) is 10.0. The molecule has 4 heteroatoms. The van der Waals surface area contributed by atoms with Crippen LogP contribution in [0, 0.1) is 5.95 Å². The molecule has 0 radical (unpaired) electrons. The van der Waals surface area contributed by atoms with E-state index >= 15 is 0 Å². The van der Waals surface area contributed by atoms with E-state index in [0.29, 0.717) is 12.1 Å². The third-order valence-corrected chi connectivity index (χ3v) is 3.48. The van der Waals surface area contributed by atoms with Crippen LogP contribution >= 0.6 is 0 Å². The van der Waals surface area contributed by atoms with E-state index in [2.05, 4.69) is 9.88 Å². The molecule has 1 aliphatic heterocycles. The topological polar surface area (TPSA) is 25.4 Å². The lowest BCUT2D eigenvalue weighted by Crippen LogP contribution is -2.49. The Morgan fingerprint density at radius 1 is 1.38 bits per heavy atom. The molecule has 0 N–H and O–H groups in total. The van der Waals surface area contributed by atoms with Crippen LogP contribution in [0.3, 0.4) is 0 Å². The summed E-state index contributed by atoms with van der Waals surface area (Å²) < 4.78 is 18.8. The Labute approximate surface area is 94.2 Å². The number of anilines is 1. The van der Waals surface area contributed by atoms with E-state index in [-0.39, 0.29) is 0 Å². The van der Waals surface area contributed by atoms with Crippen LogP contribution in [0.1, 0.15) is 19.3 Å². The molecule has 0 amide bonds. The highest BCUT2D eigenvalue weighted by molar-refractivity contribution is 5.40. The Morgan fingerprint density at radius 2 is 2.31 bits per heavy atom. The van der Waals surface area contributed by atoms with Gasteiger partial charge in [0.25, 0.3) is 0 Å². The van der Waals surface area contributed by atoms with Crippen LogP contribution in [-0.2, 0) is 4.74 Å². The van der Waals surface area contributed by atoms with Gasteiger partial charge in [0.1, 0.15) is 5.82 Å². The molecule has 0 aromatic carbocycles. The van der Waals surface area contributed by atoms with Crippen LogP contribution < -0.4 is 4.90 Å². The summed E-state index contributed by atoms with van der Waals surface area (Å²) in [6, 6.07) is 5.37. The maximum Gasteiger partial charge on any atom is 0.214 e. The lowest BCUT2D eigenvalue weighted by atomic mass is 10.1. The second-order valence-electron chi connectivity index (χ2n) is 4.42. The van der Waals surface area contributed by atoms with E-state index in [0.717, 1.165) is 31.8 Å². The Morgan fingerprint density at radius 3 is 3.19 bits per heavy atom. The van der Waals surface area contributed by atoms with Gasteiger partial charge in [-0.3, -0.25) is 0 Å². The van der Waals surface area contributed by atoms with Crippen molar-refractivity contribution in [3.63, 3.8) is 0 Å². The monoisotopic (exact) mass is 222 g/mol. The summed E-state index contributed by atoms with van der Waals surface area (Å²) in [4.78, 5) is 6.16. The minimum Gasteiger partial charge on any atom is -0.374 e. The van der Waals surface area contributed by atoms with Crippen LogP contribution in [0.25, 0.3) is 0 Å². The first-order valence-electron chi connectivity index (χ1n) is 5.85. The number of hydrogen-bond donors (Lipinski definition) is 0. The molecule has 86 valence electrons. The van der Waals surface area contributed by atoms with E-state index < -0.39 is 5.95 Å². The van der Waals surface area contributed by atoms with E-state index in [1.807, 2.05) is 6.07 Å². The molecule has 16 heavy (non-hydrogen) atoms. The van der Waals surface area contributed by atoms with Crippen molar-refractivity contribution >= 4 is 5.82 Å². The maximum atomic E-state index is 13.1. The molecule has 2 fully saturated rings. The summed E-state index contributed by atoms with van der Waals surface area (Å²) in [7, 11) is 0. The van der Waals surface area contributed by atoms with Gasteiger partial charge in [-0.2, -0.15) is 4.39 Å². The zero-order chi connectivity index (χ0) is 11.0. The molecule has 1 aliphatic carbocycles. The highest BCUT2D eigenvalue weighted by Crippen LogP contribution is 2.32. The average molecular weight is 222 g/mol. The molecule has 2 heterocycles. The second-order valence-corrected chi connectivity index (χ2v) is 4.42. The Bertz CT molecular complexity index is 385. The number of morpholine rings is 1. The molecule has 1 saturated heterocycles. The first-order valence-corrected chi connectivity index (χ1v) is 5.85. The Kier molecular flexibility index (Phi) is 2.52. The van der Waals surface area contributed by atoms with Crippen molar-refractivity contribution in [3.8, 4) is 0 Å². The SMILES string of the molecule is Fc1cccc(N2CCOC3CCCC32)n1. The molecule has 0 bridgehead atoms. The normalized spacial score (nSPS) is 29.2. The van der Waals surface area contributed by atoms with Gasteiger partial charge < -0.3 is 9.64 Å². The summed E-state index contributed by atoms with van der Waals surface area (Å²) in [5, 5.41) is 0. The third-order valence-electron chi connectivity index (χ3n) is 3.48. The lowest BCUT2D eigenvalue weighted by Gasteiger charge is -2.38. The number of rotatable bonds is 1. The van der Waals surface area contributed by atoms with E-state index in [9.17, 15) is 4.39 Å². The summed E-state index contributed by atoms with van der Waals surface area (Å²) >= 11 is 0. The number of aromatic nitrogens is 1. The van der Waals surface area contributed by atoms with Gasteiger partial charge in [0.2, 0.25) is 5.95 Å². The predicted molar refractivity (Wildman–Crippen MR) is 58.9 cm³/mol. The van der Waals surface area contributed by atoms with Crippen LogP contribution in [-0.4, -0.2) is 30.3 Å².